The number of hydrogen-bond donors (Lipinski definition) is 2. The van der Waals surface area contributed by atoms with E-state index >= 15 is 0 Å². The maximum absolute atomic E-state index is 9.41. The smallest absolute Gasteiger partial charge is 0.547 e. The zero-order valence-electron chi connectivity index (χ0n) is 5.00. The summed E-state index contributed by atoms with van der Waals surface area (Å²) < 4.78 is 0. The Bertz CT molecular complexity index is 78.2. The van der Waals surface area contributed by atoms with Crippen molar-refractivity contribution in [3.63, 3.8) is 0 Å². The Hall–Kier alpha value is 1.27. The number of carboxylic acid groups (broad SMARTS) is 1. The van der Waals surface area contributed by atoms with Gasteiger partial charge in [0.2, 0.25) is 0 Å². The van der Waals surface area contributed by atoms with Crippen LogP contribution in [0, 0.1) is 0 Å². The van der Waals surface area contributed by atoms with Gasteiger partial charge in [0.05, 0.1) is 12.6 Å². The quantitative estimate of drug-likeness (QED) is 0.453. The Labute approximate surface area is 93.7 Å². The van der Waals surface area contributed by atoms with Gasteiger partial charge >= 0.3 is 29.6 Å². The van der Waals surface area contributed by atoms with Gasteiger partial charge < -0.3 is 20.1 Å². The monoisotopic (exact) mass is 218 g/mol. The predicted octanol–water partition coefficient (Wildman–Crippen LogP) is -5.91. The summed E-state index contributed by atoms with van der Waals surface area (Å²) in [6, 6.07) is 0. The summed E-state index contributed by atoms with van der Waals surface area (Å²) >= 11 is 0. The van der Waals surface area contributed by atoms with Gasteiger partial charge in [-0.3, -0.25) is 0 Å². The molecule has 0 aromatic heterocycles. The zero-order chi connectivity index (χ0) is 5.86. The van der Waals surface area contributed by atoms with Gasteiger partial charge in [-0.2, -0.15) is 0 Å². The minimum Gasteiger partial charge on any atom is -0.547 e. The second kappa shape index (κ2) is 9.27. The molecule has 1 unspecified atom stereocenters. The molecule has 0 fully saturated rings. The van der Waals surface area contributed by atoms with Crippen LogP contribution in [0.25, 0.3) is 0 Å². The first kappa shape index (κ1) is 16.7. The van der Waals surface area contributed by atoms with Crippen molar-refractivity contribution in [3.8, 4) is 0 Å². The number of carbonyl (C=O) groups is 1. The Morgan fingerprint density at radius 3 is 2.00 bits per heavy atom. The number of carbonyl (C=O) groups excluding carboxylic acids is 1. The average molecular weight is 219 g/mol. The molecule has 46 valence electrons. The van der Waals surface area contributed by atoms with Crippen LogP contribution in [0.2, 0.25) is 0 Å². The summed E-state index contributed by atoms with van der Waals surface area (Å²) in [6.45, 7) is -0.789. The van der Waals surface area contributed by atoms with Crippen molar-refractivity contribution in [2.45, 2.75) is 6.10 Å². The molecule has 0 saturated carbocycles. The molecular formula is C3H5NaO4Zr. The van der Waals surface area contributed by atoms with Crippen molar-refractivity contribution in [1.82, 2.24) is 0 Å². The summed E-state index contributed by atoms with van der Waals surface area (Å²) in [4.78, 5) is 9.41. The Kier molecular flexibility index (Phi) is 17.2. The number of hydrogen-bond acceptors (Lipinski definition) is 4. The van der Waals surface area contributed by atoms with Crippen molar-refractivity contribution in [3.05, 3.63) is 0 Å². The van der Waals surface area contributed by atoms with Gasteiger partial charge in [-0.15, -0.1) is 0 Å². The van der Waals surface area contributed by atoms with E-state index in [1.165, 1.54) is 0 Å². The van der Waals surface area contributed by atoms with E-state index in [1.807, 2.05) is 0 Å². The van der Waals surface area contributed by atoms with Crippen LogP contribution < -0.4 is 34.7 Å². The fourth-order valence-corrected chi connectivity index (χ4v) is 0.0745. The van der Waals surface area contributed by atoms with E-state index in [1.54, 1.807) is 0 Å². The normalized spacial score (nSPS) is 10.4. The first-order valence-corrected chi connectivity index (χ1v) is 1.68. The van der Waals surface area contributed by atoms with Crippen LogP contribution in [-0.2, 0) is 31.0 Å². The Balaban J connectivity index is -0.000000180. The van der Waals surface area contributed by atoms with Crippen molar-refractivity contribution in [2.75, 3.05) is 6.61 Å². The molecule has 0 amide bonds. The maximum atomic E-state index is 9.41. The SMILES string of the molecule is O=C([O-])C(O)CO.[Na+].[Zr]. The van der Waals surface area contributed by atoms with E-state index in [0.29, 0.717) is 0 Å². The molecule has 6 heteroatoms. The van der Waals surface area contributed by atoms with Crippen molar-refractivity contribution >= 4 is 5.97 Å². The molecule has 0 rings (SSSR count). The van der Waals surface area contributed by atoms with E-state index in [4.69, 9.17) is 10.2 Å². The van der Waals surface area contributed by atoms with E-state index in [2.05, 4.69) is 0 Å². The van der Waals surface area contributed by atoms with Gasteiger partial charge in [-0.05, 0) is 0 Å². The van der Waals surface area contributed by atoms with Gasteiger partial charge in [0.15, 0.2) is 0 Å². The number of aliphatic carboxylic acids is 1. The molecule has 0 saturated heterocycles. The molecule has 0 aliphatic rings. The van der Waals surface area contributed by atoms with Crippen LogP contribution in [0.15, 0.2) is 0 Å². The van der Waals surface area contributed by atoms with Crippen LogP contribution in [0.5, 0.6) is 0 Å². The summed E-state index contributed by atoms with van der Waals surface area (Å²) in [6.07, 6.45) is -1.74. The van der Waals surface area contributed by atoms with Crippen LogP contribution in [0.3, 0.4) is 0 Å². The van der Waals surface area contributed by atoms with E-state index < -0.39 is 18.7 Å². The number of rotatable bonds is 2. The summed E-state index contributed by atoms with van der Waals surface area (Å²) in [5.41, 5.74) is 0. The van der Waals surface area contributed by atoms with Gasteiger partial charge in [0, 0.05) is 26.2 Å². The van der Waals surface area contributed by atoms with Gasteiger partial charge in [0.25, 0.3) is 0 Å². The molecular weight excluding hydrogens is 214 g/mol. The van der Waals surface area contributed by atoms with E-state index in [-0.39, 0.29) is 55.8 Å². The largest absolute Gasteiger partial charge is 1.00 e. The number of aliphatic hydroxyl groups excluding tert-OH is 2. The minimum absolute atomic E-state index is 0. The Morgan fingerprint density at radius 1 is 1.67 bits per heavy atom. The van der Waals surface area contributed by atoms with Gasteiger partial charge in [-0.1, -0.05) is 0 Å². The van der Waals surface area contributed by atoms with Crippen molar-refractivity contribution < 1.29 is 75.9 Å². The average Bonchev–Trinajstić information content (AvgIpc) is 1.65. The fraction of sp³-hybridized carbons (Fsp3) is 0.667. The molecule has 0 aromatic carbocycles. The molecule has 0 aliphatic heterocycles. The number of aliphatic hydroxyl groups is 2. The van der Waals surface area contributed by atoms with Crippen LogP contribution in [-0.4, -0.2) is 28.9 Å². The van der Waals surface area contributed by atoms with E-state index in [0.717, 1.165) is 0 Å². The summed E-state index contributed by atoms with van der Waals surface area (Å²) in [5.74, 6) is -1.65. The summed E-state index contributed by atoms with van der Waals surface area (Å²) in [7, 11) is 0. The number of carboxylic acids is 1. The van der Waals surface area contributed by atoms with Gasteiger partial charge in [0.1, 0.15) is 6.10 Å². The van der Waals surface area contributed by atoms with Crippen LogP contribution in [0.1, 0.15) is 0 Å². The second-order valence-electron chi connectivity index (χ2n) is 1.02. The molecule has 4 nitrogen and oxygen atoms in total. The molecule has 0 spiro atoms. The third-order valence-corrected chi connectivity index (χ3v) is 0.445. The van der Waals surface area contributed by atoms with Crippen LogP contribution >= 0.6 is 0 Å². The Morgan fingerprint density at radius 2 is 2.00 bits per heavy atom. The molecule has 2 N–H and O–H groups in total. The zero-order valence-corrected chi connectivity index (χ0v) is 9.45. The molecule has 0 heterocycles. The molecule has 0 aliphatic carbocycles. The molecule has 0 bridgehead atoms. The molecule has 1 atom stereocenters. The van der Waals surface area contributed by atoms with Crippen molar-refractivity contribution in [1.29, 1.82) is 0 Å². The predicted molar refractivity (Wildman–Crippen MR) is 18.1 cm³/mol. The first-order chi connectivity index (χ1) is 3.18. The second-order valence-corrected chi connectivity index (χ2v) is 1.02. The minimum atomic E-state index is -1.74. The molecule has 9 heavy (non-hydrogen) atoms. The fourth-order valence-electron chi connectivity index (χ4n) is 0.0745. The van der Waals surface area contributed by atoms with Crippen LogP contribution in [0.4, 0.5) is 0 Å². The maximum Gasteiger partial charge on any atom is 1.00 e. The standard InChI is InChI=1S/C3H6O4.Na.Zr/c4-1-2(5)3(6)7;;/h2,4-5H,1H2,(H,6,7);;/q;+1;/p-1. The molecule has 0 aromatic rings. The summed E-state index contributed by atoms with van der Waals surface area (Å²) in [5, 5.41) is 25.3. The third kappa shape index (κ3) is 9.27. The molecule has 0 radical (unpaired) electrons. The topological polar surface area (TPSA) is 80.6 Å². The van der Waals surface area contributed by atoms with Gasteiger partial charge in [-0.25, -0.2) is 0 Å². The van der Waals surface area contributed by atoms with Crippen molar-refractivity contribution in [2.24, 2.45) is 0 Å². The van der Waals surface area contributed by atoms with E-state index in [9.17, 15) is 9.90 Å². The third-order valence-electron chi connectivity index (χ3n) is 0.445. The first-order valence-electron chi connectivity index (χ1n) is 1.68.